The molecule has 1 saturated carbocycles. The Balaban J connectivity index is 1.97. The molecule has 2 heteroatoms. The largest absolute Gasteiger partial charge is 0.314 e. The number of rotatable bonds is 7. The van der Waals surface area contributed by atoms with Crippen LogP contribution in [0.25, 0.3) is 0 Å². The summed E-state index contributed by atoms with van der Waals surface area (Å²) in [7, 11) is 0. The van der Waals surface area contributed by atoms with Crippen molar-refractivity contribution in [2.24, 2.45) is 5.92 Å². The van der Waals surface area contributed by atoms with Gasteiger partial charge in [-0.3, -0.25) is 0 Å². The molecule has 1 atom stereocenters. The Bertz CT molecular complexity index is 424. The predicted molar refractivity (Wildman–Crippen MR) is 93.2 cm³/mol. The highest BCUT2D eigenvalue weighted by Crippen LogP contribution is 2.29. The first-order chi connectivity index (χ1) is 10.2. The van der Waals surface area contributed by atoms with Gasteiger partial charge in [0.25, 0.3) is 0 Å². The SMILES string of the molecule is CCCNC(Cc1ccc(C)cc1Cl)CC1CCCCC1. The van der Waals surface area contributed by atoms with E-state index in [-0.39, 0.29) is 0 Å². The fourth-order valence-electron chi connectivity index (χ4n) is 3.50. The zero-order valence-corrected chi connectivity index (χ0v) is 14.4. The number of benzene rings is 1. The van der Waals surface area contributed by atoms with E-state index < -0.39 is 0 Å². The Hall–Kier alpha value is -0.530. The summed E-state index contributed by atoms with van der Waals surface area (Å²) in [5, 5.41) is 4.68. The van der Waals surface area contributed by atoms with Crippen LogP contribution in [0.2, 0.25) is 5.02 Å². The minimum atomic E-state index is 0.577. The van der Waals surface area contributed by atoms with Gasteiger partial charge < -0.3 is 5.32 Å². The van der Waals surface area contributed by atoms with Gasteiger partial charge in [-0.05, 0) is 55.8 Å². The van der Waals surface area contributed by atoms with Crippen LogP contribution in [0.1, 0.15) is 63.0 Å². The molecule has 0 heterocycles. The van der Waals surface area contributed by atoms with Crippen LogP contribution in [-0.4, -0.2) is 12.6 Å². The molecule has 1 aliphatic carbocycles. The van der Waals surface area contributed by atoms with Crippen molar-refractivity contribution in [1.82, 2.24) is 5.32 Å². The van der Waals surface area contributed by atoms with Crippen LogP contribution in [0.3, 0.4) is 0 Å². The van der Waals surface area contributed by atoms with Gasteiger partial charge in [0.15, 0.2) is 0 Å². The molecule has 1 aromatic carbocycles. The third-order valence-corrected chi connectivity index (χ3v) is 5.05. The maximum Gasteiger partial charge on any atom is 0.0441 e. The lowest BCUT2D eigenvalue weighted by Gasteiger charge is -2.27. The highest BCUT2D eigenvalue weighted by Gasteiger charge is 2.19. The van der Waals surface area contributed by atoms with Crippen LogP contribution in [0.15, 0.2) is 18.2 Å². The van der Waals surface area contributed by atoms with Gasteiger partial charge >= 0.3 is 0 Å². The van der Waals surface area contributed by atoms with Gasteiger partial charge in [-0.2, -0.15) is 0 Å². The molecule has 0 amide bonds. The van der Waals surface area contributed by atoms with Crippen molar-refractivity contribution < 1.29 is 0 Å². The first-order valence-electron chi connectivity index (χ1n) is 8.67. The molecule has 21 heavy (non-hydrogen) atoms. The molecule has 0 aromatic heterocycles. The molecule has 1 aliphatic rings. The average molecular weight is 308 g/mol. The van der Waals surface area contributed by atoms with Crippen molar-refractivity contribution in [2.75, 3.05) is 6.54 Å². The summed E-state index contributed by atoms with van der Waals surface area (Å²) in [6, 6.07) is 7.06. The third-order valence-electron chi connectivity index (χ3n) is 4.70. The fourth-order valence-corrected chi connectivity index (χ4v) is 3.81. The molecule has 118 valence electrons. The van der Waals surface area contributed by atoms with Crippen molar-refractivity contribution in [1.29, 1.82) is 0 Å². The second-order valence-electron chi connectivity index (χ2n) is 6.69. The number of halogens is 1. The first-order valence-corrected chi connectivity index (χ1v) is 9.05. The zero-order valence-electron chi connectivity index (χ0n) is 13.6. The molecule has 0 aliphatic heterocycles. The first kappa shape index (κ1) is 16.8. The van der Waals surface area contributed by atoms with E-state index in [2.05, 4.69) is 37.4 Å². The monoisotopic (exact) mass is 307 g/mol. The van der Waals surface area contributed by atoms with Gasteiger partial charge in [-0.15, -0.1) is 0 Å². The van der Waals surface area contributed by atoms with Crippen LogP contribution in [0.5, 0.6) is 0 Å². The van der Waals surface area contributed by atoms with Crippen LogP contribution in [0.4, 0.5) is 0 Å². The molecular formula is C19H30ClN. The summed E-state index contributed by atoms with van der Waals surface area (Å²) in [4.78, 5) is 0. The quantitative estimate of drug-likeness (QED) is 0.698. The maximum atomic E-state index is 6.42. The molecule has 1 fully saturated rings. The Morgan fingerprint density at radius 3 is 2.67 bits per heavy atom. The minimum Gasteiger partial charge on any atom is -0.314 e. The van der Waals surface area contributed by atoms with E-state index in [9.17, 15) is 0 Å². The Labute approximate surface area is 135 Å². The second kappa shape index (κ2) is 8.80. The molecule has 1 aromatic rings. The molecule has 0 spiro atoms. The number of aryl methyl sites for hydroxylation is 1. The van der Waals surface area contributed by atoms with E-state index in [4.69, 9.17) is 11.6 Å². The summed E-state index contributed by atoms with van der Waals surface area (Å²) in [5.41, 5.74) is 2.54. The van der Waals surface area contributed by atoms with E-state index in [1.807, 2.05) is 0 Å². The summed E-state index contributed by atoms with van der Waals surface area (Å²) < 4.78 is 0. The summed E-state index contributed by atoms with van der Waals surface area (Å²) >= 11 is 6.42. The predicted octanol–water partition coefficient (Wildman–Crippen LogP) is 5.53. The smallest absolute Gasteiger partial charge is 0.0441 e. The topological polar surface area (TPSA) is 12.0 Å². The summed E-state index contributed by atoms with van der Waals surface area (Å²) in [6.07, 6.45) is 10.7. The van der Waals surface area contributed by atoms with Crippen LogP contribution in [-0.2, 0) is 6.42 Å². The lowest BCUT2D eigenvalue weighted by molar-refractivity contribution is 0.296. The summed E-state index contributed by atoms with van der Waals surface area (Å²) in [5.74, 6) is 0.914. The van der Waals surface area contributed by atoms with Gasteiger partial charge in [-0.25, -0.2) is 0 Å². The molecule has 0 radical (unpaired) electrons. The van der Waals surface area contributed by atoms with Crippen molar-refractivity contribution in [2.45, 2.75) is 71.3 Å². The molecule has 0 bridgehead atoms. The average Bonchev–Trinajstić information content (AvgIpc) is 2.48. The van der Waals surface area contributed by atoms with Gasteiger partial charge in [0.1, 0.15) is 0 Å². The molecular weight excluding hydrogens is 278 g/mol. The second-order valence-corrected chi connectivity index (χ2v) is 7.10. The van der Waals surface area contributed by atoms with E-state index in [1.165, 1.54) is 56.1 Å². The Morgan fingerprint density at radius 2 is 2.00 bits per heavy atom. The van der Waals surface area contributed by atoms with Gasteiger partial charge in [-0.1, -0.05) is 62.8 Å². The Kier molecular flexibility index (Phi) is 7.06. The lowest BCUT2D eigenvalue weighted by atomic mass is 9.83. The lowest BCUT2D eigenvalue weighted by Crippen LogP contribution is -2.34. The summed E-state index contributed by atoms with van der Waals surface area (Å²) in [6.45, 7) is 5.45. The molecule has 2 rings (SSSR count). The van der Waals surface area contributed by atoms with E-state index in [0.29, 0.717) is 6.04 Å². The van der Waals surface area contributed by atoms with Gasteiger partial charge in [0, 0.05) is 11.1 Å². The van der Waals surface area contributed by atoms with Crippen molar-refractivity contribution >= 4 is 11.6 Å². The van der Waals surface area contributed by atoms with Crippen molar-refractivity contribution in [3.05, 3.63) is 34.3 Å². The van der Waals surface area contributed by atoms with E-state index >= 15 is 0 Å². The molecule has 1 nitrogen and oxygen atoms in total. The highest BCUT2D eigenvalue weighted by atomic mass is 35.5. The zero-order chi connectivity index (χ0) is 15.1. The molecule has 1 unspecified atom stereocenters. The van der Waals surface area contributed by atoms with Crippen LogP contribution >= 0.6 is 11.6 Å². The fraction of sp³-hybridized carbons (Fsp3) is 0.684. The van der Waals surface area contributed by atoms with E-state index in [1.54, 1.807) is 0 Å². The minimum absolute atomic E-state index is 0.577. The standard InChI is InChI=1S/C19H30ClN/c1-3-11-21-18(13-16-7-5-4-6-8-16)14-17-10-9-15(2)12-19(17)20/h9-10,12,16,18,21H,3-8,11,13-14H2,1-2H3. The molecule has 1 N–H and O–H groups in total. The number of nitrogens with one attached hydrogen (secondary N) is 1. The number of hydrogen-bond donors (Lipinski definition) is 1. The van der Waals surface area contributed by atoms with Gasteiger partial charge in [0.05, 0.1) is 0 Å². The van der Waals surface area contributed by atoms with Crippen LogP contribution < -0.4 is 5.32 Å². The molecule has 0 saturated heterocycles. The third kappa shape index (κ3) is 5.64. The van der Waals surface area contributed by atoms with E-state index in [0.717, 1.165) is 23.9 Å². The number of hydrogen-bond acceptors (Lipinski definition) is 1. The van der Waals surface area contributed by atoms with Crippen molar-refractivity contribution in [3.63, 3.8) is 0 Å². The highest BCUT2D eigenvalue weighted by molar-refractivity contribution is 6.31. The normalized spacial score (nSPS) is 17.9. The van der Waals surface area contributed by atoms with Gasteiger partial charge in [0.2, 0.25) is 0 Å². The van der Waals surface area contributed by atoms with Crippen LogP contribution in [0, 0.1) is 12.8 Å². The Morgan fingerprint density at radius 1 is 1.24 bits per heavy atom. The maximum absolute atomic E-state index is 6.42. The van der Waals surface area contributed by atoms with Crippen molar-refractivity contribution in [3.8, 4) is 0 Å².